The van der Waals surface area contributed by atoms with Crippen molar-refractivity contribution in [3.05, 3.63) is 59.4 Å². The van der Waals surface area contributed by atoms with E-state index in [0.29, 0.717) is 44.0 Å². The van der Waals surface area contributed by atoms with Gasteiger partial charge in [0.25, 0.3) is 0 Å². The third-order valence-electron chi connectivity index (χ3n) is 4.86. The Morgan fingerprint density at radius 1 is 1.18 bits per heavy atom. The Balaban J connectivity index is 1.52. The lowest BCUT2D eigenvalue weighted by Gasteiger charge is -2.30. The Bertz CT molecular complexity index is 846. The molecule has 148 valence electrons. The van der Waals surface area contributed by atoms with Crippen LogP contribution in [0.1, 0.15) is 24.0 Å². The number of rotatable bonds is 5. The van der Waals surface area contributed by atoms with E-state index < -0.39 is 5.97 Å². The van der Waals surface area contributed by atoms with Gasteiger partial charge in [0.05, 0.1) is 5.92 Å². The number of carbonyl (C=O) groups excluding carboxylic acids is 1. The number of halogens is 1. The number of aliphatic carboxylic acids is 1. The number of carboxylic acids is 1. The number of nitrogens with zero attached hydrogens (tertiary/aromatic N) is 1. The first kappa shape index (κ1) is 19.7. The van der Waals surface area contributed by atoms with Crippen LogP contribution in [0.5, 0.6) is 11.5 Å². The number of amides is 2. The van der Waals surface area contributed by atoms with Gasteiger partial charge in [-0.15, -0.1) is 0 Å². The van der Waals surface area contributed by atoms with Gasteiger partial charge in [-0.2, -0.15) is 0 Å². The van der Waals surface area contributed by atoms with E-state index >= 15 is 0 Å². The van der Waals surface area contributed by atoms with Crippen LogP contribution in [0.4, 0.5) is 9.18 Å². The number of nitrogens with one attached hydrogen (secondary N) is 1. The molecule has 1 fully saturated rings. The first-order valence-corrected chi connectivity index (χ1v) is 9.21. The molecule has 0 saturated carbocycles. The number of aryl methyl sites for hydroxylation is 1. The minimum atomic E-state index is -0.793. The molecular weight excluding hydrogens is 363 g/mol. The highest BCUT2D eigenvalue weighted by molar-refractivity contribution is 5.75. The lowest BCUT2D eigenvalue weighted by Crippen LogP contribution is -2.45. The highest BCUT2D eigenvalue weighted by Gasteiger charge is 2.26. The molecule has 1 heterocycles. The molecule has 2 N–H and O–H groups in total. The summed E-state index contributed by atoms with van der Waals surface area (Å²) < 4.78 is 18.7. The van der Waals surface area contributed by atoms with Gasteiger partial charge in [0, 0.05) is 19.6 Å². The largest absolute Gasteiger partial charge is 0.481 e. The van der Waals surface area contributed by atoms with Gasteiger partial charge in [0.1, 0.15) is 17.3 Å². The Labute approximate surface area is 162 Å². The lowest BCUT2D eigenvalue weighted by atomic mass is 9.97. The smallest absolute Gasteiger partial charge is 0.317 e. The van der Waals surface area contributed by atoms with Gasteiger partial charge < -0.3 is 20.1 Å². The van der Waals surface area contributed by atoms with Crippen molar-refractivity contribution < 1.29 is 23.8 Å². The average Bonchev–Trinajstić information content (AvgIpc) is 2.69. The molecule has 0 spiro atoms. The first-order chi connectivity index (χ1) is 13.4. The summed E-state index contributed by atoms with van der Waals surface area (Å²) in [6.07, 6.45) is 0.967. The third-order valence-corrected chi connectivity index (χ3v) is 4.86. The fourth-order valence-electron chi connectivity index (χ4n) is 3.18. The topological polar surface area (TPSA) is 78.9 Å². The number of carbonyl (C=O) groups is 2. The number of hydrogen-bond donors (Lipinski definition) is 2. The predicted molar refractivity (Wildman–Crippen MR) is 102 cm³/mol. The van der Waals surface area contributed by atoms with E-state index in [9.17, 15) is 14.0 Å². The van der Waals surface area contributed by atoms with E-state index in [0.717, 1.165) is 11.1 Å². The van der Waals surface area contributed by atoms with Crippen LogP contribution in [0, 0.1) is 18.7 Å². The lowest BCUT2D eigenvalue weighted by molar-refractivity contribution is -0.143. The molecular formula is C21H23FN2O4. The SMILES string of the molecule is Cc1cc(CNC(=O)N2CCC(C(=O)O)CC2)ccc1Oc1ccc(F)cc1. The molecule has 0 bridgehead atoms. The summed E-state index contributed by atoms with van der Waals surface area (Å²) in [5.74, 6) is -0.256. The maximum absolute atomic E-state index is 13.0. The van der Waals surface area contributed by atoms with Crippen LogP contribution in [0.25, 0.3) is 0 Å². The van der Waals surface area contributed by atoms with Crippen molar-refractivity contribution in [3.63, 3.8) is 0 Å². The van der Waals surface area contributed by atoms with Crippen molar-refractivity contribution in [1.29, 1.82) is 0 Å². The van der Waals surface area contributed by atoms with Gasteiger partial charge in [-0.3, -0.25) is 4.79 Å². The van der Waals surface area contributed by atoms with Crippen molar-refractivity contribution in [2.45, 2.75) is 26.3 Å². The van der Waals surface area contributed by atoms with E-state index in [1.165, 1.54) is 12.1 Å². The van der Waals surface area contributed by atoms with Crippen LogP contribution in [0.3, 0.4) is 0 Å². The van der Waals surface area contributed by atoms with Crippen LogP contribution in [0.2, 0.25) is 0 Å². The van der Waals surface area contributed by atoms with E-state index in [1.807, 2.05) is 25.1 Å². The second-order valence-corrected chi connectivity index (χ2v) is 6.91. The molecule has 28 heavy (non-hydrogen) atoms. The Hall–Kier alpha value is -3.09. The van der Waals surface area contributed by atoms with E-state index in [-0.39, 0.29) is 17.8 Å². The fraction of sp³-hybridized carbons (Fsp3) is 0.333. The van der Waals surface area contributed by atoms with Gasteiger partial charge in [-0.25, -0.2) is 9.18 Å². The van der Waals surface area contributed by atoms with Crippen molar-refractivity contribution >= 4 is 12.0 Å². The molecule has 2 amide bonds. The van der Waals surface area contributed by atoms with Crippen molar-refractivity contribution in [3.8, 4) is 11.5 Å². The molecule has 2 aromatic carbocycles. The average molecular weight is 386 g/mol. The Morgan fingerprint density at radius 2 is 1.86 bits per heavy atom. The molecule has 3 rings (SSSR count). The number of ether oxygens (including phenoxy) is 1. The van der Waals surface area contributed by atoms with Crippen LogP contribution < -0.4 is 10.1 Å². The number of benzene rings is 2. The zero-order valence-corrected chi connectivity index (χ0v) is 15.7. The minimum Gasteiger partial charge on any atom is -0.481 e. The summed E-state index contributed by atoms with van der Waals surface area (Å²) in [6, 6.07) is 11.2. The highest BCUT2D eigenvalue weighted by atomic mass is 19.1. The van der Waals surface area contributed by atoms with Crippen molar-refractivity contribution in [1.82, 2.24) is 10.2 Å². The highest BCUT2D eigenvalue weighted by Crippen LogP contribution is 2.26. The van der Waals surface area contributed by atoms with Crippen LogP contribution in [-0.2, 0) is 11.3 Å². The van der Waals surface area contributed by atoms with Crippen LogP contribution in [0.15, 0.2) is 42.5 Å². The monoisotopic (exact) mass is 386 g/mol. The molecule has 1 aliphatic heterocycles. The molecule has 0 radical (unpaired) electrons. The van der Waals surface area contributed by atoms with Gasteiger partial charge in [0.15, 0.2) is 0 Å². The second kappa shape index (κ2) is 8.73. The van der Waals surface area contributed by atoms with Gasteiger partial charge in [0.2, 0.25) is 0 Å². The Morgan fingerprint density at radius 3 is 2.46 bits per heavy atom. The number of hydrogen-bond acceptors (Lipinski definition) is 3. The number of carboxylic acid groups (broad SMARTS) is 1. The number of urea groups is 1. The number of piperidine rings is 1. The van der Waals surface area contributed by atoms with Crippen LogP contribution in [-0.4, -0.2) is 35.1 Å². The fourth-order valence-corrected chi connectivity index (χ4v) is 3.18. The zero-order chi connectivity index (χ0) is 20.1. The maximum Gasteiger partial charge on any atom is 0.317 e. The second-order valence-electron chi connectivity index (χ2n) is 6.91. The first-order valence-electron chi connectivity index (χ1n) is 9.21. The summed E-state index contributed by atoms with van der Waals surface area (Å²) in [5, 5.41) is 11.9. The minimum absolute atomic E-state index is 0.187. The third kappa shape index (κ3) is 5.00. The summed E-state index contributed by atoms with van der Waals surface area (Å²) in [5.41, 5.74) is 1.83. The predicted octanol–water partition coefficient (Wildman–Crippen LogP) is 3.93. The summed E-state index contributed by atoms with van der Waals surface area (Å²) in [4.78, 5) is 24.9. The van der Waals surface area contributed by atoms with Crippen LogP contribution >= 0.6 is 0 Å². The molecule has 7 heteroatoms. The van der Waals surface area contributed by atoms with Gasteiger partial charge >= 0.3 is 12.0 Å². The molecule has 0 aromatic heterocycles. The normalized spacial score (nSPS) is 14.6. The quantitative estimate of drug-likeness (QED) is 0.816. The standard InChI is InChI=1S/C21H23FN2O4/c1-14-12-15(2-7-19(14)28-18-5-3-17(22)4-6-18)13-23-21(27)24-10-8-16(9-11-24)20(25)26/h2-7,12,16H,8-11,13H2,1H3,(H,23,27)(H,25,26). The molecule has 1 aliphatic rings. The molecule has 6 nitrogen and oxygen atoms in total. The van der Waals surface area contributed by atoms with Crippen molar-refractivity contribution in [2.24, 2.45) is 5.92 Å². The molecule has 0 atom stereocenters. The van der Waals surface area contributed by atoms with Gasteiger partial charge in [-0.05, 0) is 61.2 Å². The summed E-state index contributed by atoms with van der Waals surface area (Å²) in [7, 11) is 0. The van der Waals surface area contributed by atoms with E-state index in [1.54, 1.807) is 17.0 Å². The van der Waals surface area contributed by atoms with E-state index in [4.69, 9.17) is 9.84 Å². The Kier molecular flexibility index (Phi) is 6.13. The molecule has 0 aliphatic carbocycles. The van der Waals surface area contributed by atoms with Crippen molar-refractivity contribution in [2.75, 3.05) is 13.1 Å². The van der Waals surface area contributed by atoms with Gasteiger partial charge in [-0.1, -0.05) is 12.1 Å². The number of likely N-dealkylation sites (tertiary alicyclic amines) is 1. The summed E-state index contributed by atoms with van der Waals surface area (Å²) in [6.45, 7) is 3.18. The molecule has 1 saturated heterocycles. The summed E-state index contributed by atoms with van der Waals surface area (Å²) >= 11 is 0. The zero-order valence-electron chi connectivity index (χ0n) is 15.7. The molecule has 0 unspecified atom stereocenters. The van der Waals surface area contributed by atoms with E-state index in [2.05, 4.69) is 5.32 Å². The maximum atomic E-state index is 13.0. The molecule has 2 aromatic rings.